The van der Waals surface area contributed by atoms with Crippen molar-refractivity contribution < 1.29 is 0 Å². The Morgan fingerprint density at radius 2 is 1.47 bits per heavy atom. The van der Waals surface area contributed by atoms with E-state index in [0.717, 1.165) is 13.1 Å². The van der Waals surface area contributed by atoms with Gasteiger partial charge in [0.2, 0.25) is 0 Å². The van der Waals surface area contributed by atoms with E-state index >= 15 is 0 Å². The minimum atomic E-state index is 0.190. The van der Waals surface area contributed by atoms with Crippen LogP contribution < -0.4 is 5.73 Å². The molecule has 0 aromatic carbocycles. The summed E-state index contributed by atoms with van der Waals surface area (Å²) in [6, 6.07) is 0.623. The molecular formula is C17H36N2. The van der Waals surface area contributed by atoms with E-state index in [1.807, 2.05) is 0 Å². The summed E-state index contributed by atoms with van der Waals surface area (Å²) in [4.78, 5) is 2.69. The van der Waals surface area contributed by atoms with E-state index in [1.54, 1.807) is 0 Å². The molecule has 0 heterocycles. The van der Waals surface area contributed by atoms with Gasteiger partial charge in [-0.05, 0) is 50.0 Å². The summed E-state index contributed by atoms with van der Waals surface area (Å²) >= 11 is 0. The number of hydrogen-bond donors (Lipinski definition) is 1. The summed E-state index contributed by atoms with van der Waals surface area (Å²) in [5.41, 5.74) is 7.28. The molecule has 2 nitrogen and oxygen atoms in total. The normalized spacial score (nSPS) is 26.4. The molecular weight excluding hydrogens is 232 g/mol. The lowest BCUT2D eigenvalue weighted by Crippen LogP contribution is -2.62. The highest BCUT2D eigenvalue weighted by Gasteiger charge is 2.49. The summed E-state index contributed by atoms with van der Waals surface area (Å²) in [5.74, 6) is 0. The highest BCUT2D eigenvalue weighted by Crippen LogP contribution is 2.52. The van der Waals surface area contributed by atoms with Crippen molar-refractivity contribution in [2.75, 3.05) is 13.1 Å². The number of rotatable bonds is 5. The van der Waals surface area contributed by atoms with Gasteiger partial charge in [-0.25, -0.2) is 0 Å². The van der Waals surface area contributed by atoms with E-state index in [0.29, 0.717) is 16.9 Å². The largest absolute Gasteiger partial charge is 0.329 e. The quantitative estimate of drug-likeness (QED) is 0.815. The predicted octanol–water partition coefficient (Wildman–Crippen LogP) is 4.04. The van der Waals surface area contributed by atoms with Gasteiger partial charge in [-0.3, -0.25) is 4.90 Å². The number of likely N-dealkylation sites (N-methyl/N-ethyl adjacent to an activating group) is 1. The zero-order valence-electron chi connectivity index (χ0n) is 14.3. The van der Waals surface area contributed by atoms with Gasteiger partial charge in [-0.15, -0.1) is 0 Å². The maximum Gasteiger partial charge on any atom is 0.0344 e. The highest BCUT2D eigenvalue weighted by atomic mass is 15.2. The van der Waals surface area contributed by atoms with E-state index in [9.17, 15) is 0 Å². The molecule has 0 spiro atoms. The van der Waals surface area contributed by atoms with Gasteiger partial charge in [0.15, 0.2) is 0 Å². The molecule has 2 heteroatoms. The Labute approximate surface area is 121 Å². The van der Waals surface area contributed by atoms with Gasteiger partial charge in [0.25, 0.3) is 0 Å². The Balaban J connectivity index is 3.13. The van der Waals surface area contributed by atoms with E-state index < -0.39 is 0 Å². The summed E-state index contributed by atoms with van der Waals surface area (Å²) < 4.78 is 0. The molecule has 0 aliphatic heterocycles. The summed E-state index contributed by atoms with van der Waals surface area (Å²) in [6.07, 6.45) is 4.98. The minimum absolute atomic E-state index is 0.190. The first-order chi connectivity index (χ1) is 8.61. The molecule has 1 aliphatic carbocycles. The maximum atomic E-state index is 6.31. The molecule has 0 saturated heterocycles. The molecule has 0 amide bonds. The van der Waals surface area contributed by atoms with Gasteiger partial charge < -0.3 is 5.73 Å². The van der Waals surface area contributed by atoms with Crippen molar-refractivity contribution in [2.45, 2.75) is 85.7 Å². The Hall–Kier alpha value is -0.0800. The second-order valence-corrected chi connectivity index (χ2v) is 8.33. The fourth-order valence-corrected chi connectivity index (χ4v) is 5.06. The van der Waals surface area contributed by atoms with E-state index in [1.165, 1.54) is 25.7 Å². The third-order valence-corrected chi connectivity index (χ3v) is 5.03. The molecule has 1 atom stereocenters. The third kappa shape index (κ3) is 3.72. The van der Waals surface area contributed by atoms with Crippen molar-refractivity contribution >= 4 is 0 Å². The average molecular weight is 268 g/mol. The second-order valence-electron chi connectivity index (χ2n) is 8.33. The van der Waals surface area contributed by atoms with E-state index in [4.69, 9.17) is 5.73 Å². The molecule has 0 aromatic heterocycles. The van der Waals surface area contributed by atoms with Crippen LogP contribution in [0.5, 0.6) is 0 Å². The van der Waals surface area contributed by atoms with Crippen molar-refractivity contribution in [1.29, 1.82) is 0 Å². The van der Waals surface area contributed by atoms with Crippen molar-refractivity contribution in [1.82, 2.24) is 4.90 Å². The van der Waals surface area contributed by atoms with Crippen LogP contribution in [-0.4, -0.2) is 29.6 Å². The zero-order chi connectivity index (χ0) is 14.9. The van der Waals surface area contributed by atoms with Gasteiger partial charge >= 0.3 is 0 Å². The lowest BCUT2D eigenvalue weighted by molar-refractivity contribution is -0.0582. The van der Waals surface area contributed by atoms with Crippen LogP contribution in [0.4, 0.5) is 0 Å². The van der Waals surface area contributed by atoms with Crippen molar-refractivity contribution in [3.05, 3.63) is 0 Å². The predicted molar refractivity (Wildman–Crippen MR) is 85.3 cm³/mol. The van der Waals surface area contributed by atoms with Crippen molar-refractivity contribution in [3.8, 4) is 0 Å². The number of hydrogen-bond acceptors (Lipinski definition) is 2. The molecule has 114 valence electrons. The topological polar surface area (TPSA) is 29.3 Å². The molecule has 1 rings (SSSR count). The van der Waals surface area contributed by atoms with Gasteiger partial charge in [0, 0.05) is 18.1 Å². The molecule has 2 N–H and O–H groups in total. The molecule has 0 aromatic rings. The lowest BCUT2D eigenvalue weighted by atomic mass is 9.57. The summed E-state index contributed by atoms with van der Waals surface area (Å²) in [7, 11) is 0. The van der Waals surface area contributed by atoms with Crippen molar-refractivity contribution in [2.24, 2.45) is 16.6 Å². The molecule has 19 heavy (non-hydrogen) atoms. The lowest BCUT2D eigenvalue weighted by Gasteiger charge is -2.57. The molecule has 1 fully saturated rings. The standard InChI is InChI=1S/C17H36N2/c1-8-14(3)19(9-2)17(13-18)11-15(4,5)10-16(6,7)12-17/h14H,8-13,18H2,1-7H3. The van der Waals surface area contributed by atoms with Crippen LogP contribution in [0.2, 0.25) is 0 Å². The van der Waals surface area contributed by atoms with Crippen LogP contribution in [0, 0.1) is 10.8 Å². The van der Waals surface area contributed by atoms with Crippen LogP contribution in [0.3, 0.4) is 0 Å². The Morgan fingerprint density at radius 1 is 1.00 bits per heavy atom. The van der Waals surface area contributed by atoms with Gasteiger partial charge in [0.05, 0.1) is 0 Å². The van der Waals surface area contributed by atoms with Gasteiger partial charge in [-0.2, -0.15) is 0 Å². The smallest absolute Gasteiger partial charge is 0.0344 e. The summed E-state index contributed by atoms with van der Waals surface area (Å²) in [5, 5.41) is 0. The molecule has 1 unspecified atom stereocenters. The van der Waals surface area contributed by atoms with E-state index in [-0.39, 0.29) is 5.54 Å². The molecule has 0 radical (unpaired) electrons. The minimum Gasteiger partial charge on any atom is -0.329 e. The monoisotopic (exact) mass is 268 g/mol. The zero-order valence-corrected chi connectivity index (χ0v) is 14.3. The summed E-state index contributed by atoms with van der Waals surface area (Å²) in [6.45, 7) is 18.5. The first kappa shape index (κ1) is 17.0. The molecule has 0 bridgehead atoms. The van der Waals surface area contributed by atoms with Crippen LogP contribution in [0.25, 0.3) is 0 Å². The highest BCUT2D eigenvalue weighted by molar-refractivity contribution is 5.05. The SMILES string of the molecule is CCC(C)N(CC)C1(CN)CC(C)(C)CC(C)(C)C1. The molecule has 1 saturated carbocycles. The first-order valence-corrected chi connectivity index (χ1v) is 8.08. The van der Waals surface area contributed by atoms with Gasteiger partial charge in [0.1, 0.15) is 0 Å². The fraction of sp³-hybridized carbons (Fsp3) is 1.00. The first-order valence-electron chi connectivity index (χ1n) is 8.08. The van der Waals surface area contributed by atoms with Crippen LogP contribution in [0.1, 0.15) is 74.1 Å². The third-order valence-electron chi connectivity index (χ3n) is 5.03. The average Bonchev–Trinajstić information content (AvgIpc) is 2.25. The Kier molecular flexibility index (Phi) is 5.12. The Bertz CT molecular complexity index is 278. The van der Waals surface area contributed by atoms with Crippen LogP contribution in [-0.2, 0) is 0 Å². The molecule has 1 aliphatic rings. The van der Waals surface area contributed by atoms with E-state index in [2.05, 4.69) is 53.4 Å². The fourth-order valence-electron chi connectivity index (χ4n) is 5.06. The number of nitrogens with two attached hydrogens (primary N) is 1. The van der Waals surface area contributed by atoms with Crippen LogP contribution >= 0.6 is 0 Å². The number of nitrogens with zero attached hydrogens (tertiary/aromatic N) is 1. The van der Waals surface area contributed by atoms with Crippen molar-refractivity contribution in [3.63, 3.8) is 0 Å². The van der Waals surface area contributed by atoms with Crippen LogP contribution in [0.15, 0.2) is 0 Å². The van der Waals surface area contributed by atoms with Gasteiger partial charge in [-0.1, -0.05) is 41.5 Å². The second kappa shape index (κ2) is 5.73. The maximum absolute atomic E-state index is 6.31. The Morgan fingerprint density at radius 3 is 1.79 bits per heavy atom.